The molecule has 0 aliphatic carbocycles. The molecule has 1 atom stereocenters. The summed E-state index contributed by atoms with van der Waals surface area (Å²) in [7, 11) is 0. The second-order valence-corrected chi connectivity index (χ2v) is 6.88. The SMILES string of the molecule is CCc1ccc(C(=O)NC(C)CN2CCCCCC2)s1. The lowest BCUT2D eigenvalue weighted by molar-refractivity contribution is 0.0933. The number of hydrogen-bond acceptors (Lipinski definition) is 3. The molecule has 1 unspecified atom stereocenters. The molecule has 20 heavy (non-hydrogen) atoms. The average molecular weight is 294 g/mol. The van der Waals surface area contributed by atoms with Gasteiger partial charge in [0.25, 0.3) is 5.91 Å². The van der Waals surface area contributed by atoms with Crippen LogP contribution in [0.3, 0.4) is 0 Å². The smallest absolute Gasteiger partial charge is 0.261 e. The normalized spacial score (nSPS) is 18.5. The Morgan fingerprint density at radius 3 is 2.60 bits per heavy atom. The van der Waals surface area contributed by atoms with Crippen molar-refractivity contribution in [1.82, 2.24) is 10.2 Å². The maximum absolute atomic E-state index is 12.2. The van der Waals surface area contributed by atoms with Gasteiger partial charge in [-0.15, -0.1) is 11.3 Å². The molecule has 4 heteroatoms. The molecule has 1 saturated heterocycles. The van der Waals surface area contributed by atoms with Gasteiger partial charge >= 0.3 is 0 Å². The van der Waals surface area contributed by atoms with Crippen LogP contribution in [0.5, 0.6) is 0 Å². The van der Waals surface area contributed by atoms with Gasteiger partial charge in [0.05, 0.1) is 4.88 Å². The van der Waals surface area contributed by atoms with E-state index in [1.165, 1.54) is 43.6 Å². The van der Waals surface area contributed by atoms with Gasteiger partial charge in [0, 0.05) is 17.5 Å². The Bertz CT molecular complexity index is 422. The predicted molar refractivity (Wildman–Crippen MR) is 85.5 cm³/mol. The Morgan fingerprint density at radius 2 is 2.00 bits per heavy atom. The predicted octanol–water partition coefficient (Wildman–Crippen LogP) is 3.30. The first-order chi connectivity index (χ1) is 9.69. The number of likely N-dealkylation sites (tertiary alicyclic amines) is 1. The van der Waals surface area contributed by atoms with Crippen molar-refractivity contribution in [3.05, 3.63) is 21.9 Å². The Hall–Kier alpha value is -0.870. The quantitative estimate of drug-likeness (QED) is 0.903. The summed E-state index contributed by atoms with van der Waals surface area (Å²) in [6.07, 6.45) is 6.30. The third-order valence-corrected chi connectivity index (χ3v) is 5.07. The highest BCUT2D eigenvalue weighted by Crippen LogP contribution is 2.17. The summed E-state index contributed by atoms with van der Waals surface area (Å²) in [5, 5.41) is 3.13. The van der Waals surface area contributed by atoms with Gasteiger partial charge in [0.1, 0.15) is 0 Å². The molecule has 3 nitrogen and oxygen atoms in total. The highest BCUT2D eigenvalue weighted by molar-refractivity contribution is 7.14. The van der Waals surface area contributed by atoms with Crippen LogP contribution in [0, 0.1) is 0 Å². The second-order valence-electron chi connectivity index (χ2n) is 5.71. The molecule has 0 radical (unpaired) electrons. The topological polar surface area (TPSA) is 32.3 Å². The summed E-state index contributed by atoms with van der Waals surface area (Å²) in [5.74, 6) is 0.0806. The summed E-state index contributed by atoms with van der Waals surface area (Å²) in [6, 6.07) is 4.21. The molecule has 1 aliphatic heterocycles. The molecular weight excluding hydrogens is 268 g/mol. The molecule has 2 heterocycles. The molecule has 2 rings (SSSR count). The van der Waals surface area contributed by atoms with Crippen molar-refractivity contribution in [3.8, 4) is 0 Å². The number of rotatable bonds is 5. The van der Waals surface area contributed by atoms with E-state index in [0.717, 1.165) is 17.8 Å². The zero-order valence-electron chi connectivity index (χ0n) is 12.7. The fourth-order valence-electron chi connectivity index (χ4n) is 2.74. The van der Waals surface area contributed by atoms with Crippen LogP contribution in [-0.2, 0) is 6.42 Å². The fourth-order valence-corrected chi connectivity index (χ4v) is 3.59. The summed E-state index contributed by atoms with van der Waals surface area (Å²) < 4.78 is 0. The van der Waals surface area contributed by atoms with E-state index >= 15 is 0 Å². The monoisotopic (exact) mass is 294 g/mol. The molecule has 0 aromatic carbocycles. The van der Waals surface area contributed by atoms with E-state index in [-0.39, 0.29) is 11.9 Å². The highest BCUT2D eigenvalue weighted by atomic mass is 32.1. The molecule has 1 aromatic rings. The minimum atomic E-state index is 0.0806. The third kappa shape index (κ3) is 4.60. The van der Waals surface area contributed by atoms with Gasteiger partial charge in [-0.2, -0.15) is 0 Å². The lowest BCUT2D eigenvalue weighted by atomic mass is 10.2. The van der Waals surface area contributed by atoms with E-state index in [1.807, 2.05) is 6.07 Å². The van der Waals surface area contributed by atoms with Gasteiger partial charge in [0.2, 0.25) is 0 Å². The molecule has 0 saturated carbocycles. The van der Waals surface area contributed by atoms with Gasteiger partial charge in [-0.25, -0.2) is 0 Å². The number of hydrogen-bond donors (Lipinski definition) is 1. The number of carbonyl (C=O) groups is 1. The van der Waals surface area contributed by atoms with Crippen LogP contribution in [-0.4, -0.2) is 36.5 Å². The first kappa shape index (κ1) is 15.5. The highest BCUT2D eigenvalue weighted by Gasteiger charge is 2.16. The molecule has 1 aromatic heterocycles. The zero-order chi connectivity index (χ0) is 14.4. The molecular formula is C16H26N2OS. The van der Waals surface area contributed by atoms with Gasteiger partial charge in [-0.1, -0.05) is 19.8 Å². The fraction of sp³-hybridized carbons (Fsp3) is 0.688. The van der Waals surface area contributed by atoms with Crippen molar-refractivity contribution < 1.29 is 4.79 Å². The first-order valence-electron chi connectivity index (χ1n) is 7.81. The van der Waals surface area contributed by atoms with E-state index in [0.29, 0.717) is 0 Å². The summed E-state index contributed by atoms with van der Waals surface area (Å²) in [4.78, 5) is 16.8. The van der Waals surface area contributed by atoms with E-state index in [9.17, 15) is 4.79 Å². The molecule has 112 valence electrons. The average Bonchev–Trinajstić information content (AvgIpc) is 2.78. The summed E-state index contributed by atoms with van der Waals surface area (Å²) in [5.41, 5.74) is 0. The molecule has 1 N–H and O–H groups in total. The summed E-state index contributed by atoms with van der Waals surface area (Å²) >= 11 is 1.61. The molecule has 0 bridgehead atoms. The zero-order valence-corrected chi connectivity index (χ0v) is 13.5. The standard InChI is InChI=1S/C16H26N2OS/c1-3-14-8-9-15(20-14)16(19)17-13(2)12-18-10-6-4-5-7-11-18/h8-9,13H,3-7,10-12H2,1-2H3,(H,17,19). The van der Waals surface area contributed by atoms with Crippen LogP contribution >= 0.6 is 11.3 Å². The lowest BCUT2D eigenvalue weighted by Gasteiger charge is -2.24. The van der Waals surface area contributed by atoms with Crippen molar-refractivity contribution in [2.75, 3.05) is 19.6 Å². The molecule has 0 spiro atoms. The van der Waals surface area contributed by atoms with Crippen molar-refractivity contribution in [2.45, 2.75) is 52.0 Å². The van der Waals surface area contributed by atoms with E-state index < -0.39 is 0 Å². The first-order valence-corrected chi connectivity index (χ1v) is 8.62. The van der Waals surface area contributed by atoms with Gasteiger partial charge in [0.15, 0.2) is 0 Å². The molecule has 1 aliphatic rings. The Kier molecular flexibility index (Phi) is 6.05. The summed E-state index contributed by atoms with van der Waals surface area (Å²) in [6.45, 7) is 7.56. The van der Waals surface area contributed by atoms with Gasteiger partial charge in [-0.3, -0.25) is 4.79 Å². The van der Waals surface area contributed by atoms with E-state index in [4.69, 9.17) is 0 Å². The van der Waals surface area contributed by atoms with Crippen LogP contribution in [0.4, 0.5) is 0 Å². The second kappa shape index (κ2) is 7.79. The number of nitrogens with one attached hydrogen (secondary N) is 1. The Morgan fingerprint density at radius 1 is 1.30 bits per heavy atom. The Balaban J connectivity index is 1.80. The van der Waals surface area contributed by atoms with Crippen molar-refractivity contribution in [1.29, 1.82) is 0 Å². The Labute approximate surface area is 126 Å². The maximum atomic E-state index is 12.2. The number of carbonyl (C=O) groups excluding carboxylic acids is 1. The van der Waals surface area contributed by atoms with Crippen LogP contribution in [0.2, 0.25) is 0 Å². The van der Waals surface area contributed by atoms with E-state index in [2.05, 4.69) is 30.1 Å². The minimum absolute atomic E-state index is 0.0806. The van der Waals surface area contributed by atoms with E-state index in [1.54, 1.807) is 11.3 Å². The van der Waals surface area contributed by atoms with Crippen LogP contribution in [0.1, 0.15) is 54.1 Å². The van der Waals surface area contributed by atoms with Crippen molar-refractivity contribution in [3.63, 3.8) is 0 Å². The van der Waals surface area contributed by atoms with Gasteiger partial charge < -0.3 is 10.2 Å². The maximum Gasteiger partial charge on any atom is 0.261 e. The van der Waals surface area contributed by atoms with Gasteiger partial charge in [-0.05, 0) is 51.4 Å². The number of aryl methyl sites for hydroxylation is 1. The number of nitrogens with zero attached hydrogens (tertiary/aromatic N) is 1. The lowest BCUT2D eigenvalue weighted by Crippen LogP contribution is -2.42. The molecule has 1 fully saturated rings. The number of amides is 1. The third-order valence-electron chi connectivity index (χ3n) is 3.84. The van der Waals surface area contributed by atoms with Crippen LogP contribution in [0.25, 0.3) is 0 Å². The number of thiophene rings is 1. The minimum Gasteiger partial charge on any atom is -0.348 e. The van der Waals surface area contributed by atoms with Crippen LogP contribution in [0.15, 0.2) is 12.1 Å². The largest absolute Gasteiger partial charge is 0.348 e. The van der Waals surface area contributed by atoms with Crippen molar-refractivity contribution >= 4 is 17.2 Å². The van der Waals surface area contributed by atoms with Crippen molar-refractivity contribution in [2.24, 2.45) is 0 Å². The van der Waals surface area contributed by atoms with Crippen LogP contribution < -0.4 is 5.32 Å². The molecule has 1 amide bonds.